The standard InChI is InChI=1S/C27H28ClFN6O3/c1-2-38-27(37)20(16-35-14-18(12-30)15-35)10-22(32-26(36)25-13-31-34-33-25)9-17-3-5-19(6-4-17)23-11-21(28)7-8-24(23)29/h3-8,11,13,18,20,22H,2,9-10,14-16H2,1H3,(H,32,36)(H,31,33,34). The second-order valence-corrected chi connectivity index (χ2v) is 9.73. The van der Waals surface area contributed by atoms with Gasteiger partial charge in [0.25, 0.3) is 5.91 Å². The van der Waals surface area contributed by atoms with E-state index in [1.807, 2.05) is 17.0 Å². The van der Waals surface area contributed by atoms with Gasteiger partial charge in [0.1, 0.15) is 11.5 Å². The highest BCUT2D eigenvalue weighted by molar-refractivity contribution is 6.30. The van der Waals surface area contributed by atoms with Crippen molar-refractivity contribution < 1.29 is 18.7 Å². The number of nitrogens with zero attached hydrogens (tertiary/aromatic N) is 4. The quantitative estimate of drug-likeness (QED) is 0.357. The van der Waals surface area contributed by atoms with E-state index in [9.17, 15) is 14.0 Å². The van der Waals surface area contributed by atoms with Gasteiger partial charge in [-0.3, -0.25) is 19.6 Å². The number of esters is 1. The van der Waals surface area contributed by atoms with Crippen molar-refractivity contribution in [2.75, 3.05) is 26.2 Å². The van der Waals surface area contributed by atoms with Crippen LogP contribution in [0.2, 0.25) is 5.02 Å². The van der Waals surface area contributed by atoms with Crippen molar-refractivity contribution >= 4 is 23.5 Å². The Morgan fingerprint density at radius 3 is 2.71 bits per heavy atom. The first-order valence-corrected chi connectivity index (χ1v) is 12.7. The van der Waals surface area contributed by atoms with Gasteiger partial charge >= 0.3 is 5.97 Å². The molecule has 1 saturated heterocycles. The number of nitriles is 1. The van der Waals surface area contributed by atoms with Crippen molar-refractivity contribution in [1.29, 1.82) is 5.26 Å². The fraction of sp³-hybridized carbons (Fsp3) is 0.370. The normalized spacial score (nSPS) is 15.2. The molecule has 2 aromatic carbocycles. The predicted molar refractivity (Wildman–Crippen MR) is 138 cm³/mol. The summed E-state index contributed by atoms with van der Waals surface area (Å²) in [5.74, 6) is -1.65. The Hall–Kier alpha value is -3.81. The second-order valence-electron chi connectivity index (χ2n) is 9.29. The van der Waals surface area contributed by atoms with Gasteiger partial charge in [-0.1, -0.05) is 41.1 Å². The number of aromatic amines is 1. The van der Waals surface area contributed by atoms with E-state index in [4.69, 9.17) is 21.6 Å². The SMILES string of the molecule is CCOC(=O)C(CC(Cc1ccc(-c2cc(Cl)ccc2F)cc1)NC(=O)c1cnn[nH]1)CN1CC(C#N)C1. The molecule has 2 heterocycles. The van der Waals surface area contributed by atoms with E-state index in [1.54, 1.807) is 25.1 Å². The van der Waals surface area contributed by atoms with Gasteiger partial charge in [0.15, 0.2) is 0 Å². The molecule has 198 valence electrons. The summed E-state index contributed by atoms with van der Waals surface area (Å²) < 4.78 is 19.7. The smallest absolute Gasteiger partial charge is 0.310 e. The third kappa shape index (κ3) is 6.94. The summed E-state index contributed by atoms with van der Waals surface area (Å²) in [5.41, 5.74) is 2.16. The molecule has 1 aliphatic rings. The lowest BCUT2D eigenvalue weighted by Crippen LogP contribution is -2.50. The van der Waals surface area contributed by atoms with Crippen LogP contribution in [-0.2, 0) is 16.0 Å². The van der Waals surface area contributed by atoms with E-state index < -0.39 is 17.9 Å². The molecule has 0 saturated carbocycles. The highest BCUT2D eigenvalue weighted by atomic mass is 35.5. The first-order chi connectivity index (χ1) is 18.4. The van der Waals surface area contributed by atoms with Crippen LogP contribution in [0, 0.1) is 29.0 Å². The number of hydrogen-bond acceptors (Lipinski definition) is 7. The molecule has 11 heteroatoms. The van der Waals surface area contributed by atoms with E-state index in [0.717, 1.165) is 5.56 Å². The molecule has 1 amide bonds. The topological polar surface area (TPSA) is 124 Å². The summed E-state index contributed by atoms with van der Waals surface area (Å²) in [4.78, 5) is 27.7. The van der Waals surface area contributed by atoms with Crippen LogP contribution in [0.15, 0.2) is 48.7 Å². The lowest BCUT2D eigenvalue weighted by Gasteiger charge is -2.37. The molecule has 2 N–H and O–H groups in total. The second kappa shape index (κ2) is 12.6. The van der Waals surface area contributed by atoms with Gasteiger partial charge in [-0.2, -0.15) is 5.26 Å². The number of carbonyl (C=O) groups is 2. The molecular formula is C27H28ClFN6O3. The number of aromatic nitrogens is 3. The number of carbonyl (C=O) groups excluding carboxylic acids is 2. The molecule has 38 heavy (non-hydrogen) atoms. The van der Waals surface area contributed by atoms with Crippen LogP contribution in [0.5, 0.6) is 0 Å². The fourth-order valence-electron chi connectivity index (χ4n) is 4.55. The number of likely N-dealkylation sites (tertiary alicyclic amines) is 1. The van der Waals surface area contributed by atoms with E-state index in [2.05, 4.69) is 26.8 Å². The van der Waals surface area contributed by atoms with Crippen LogP contribution in [0.1, 0.15) is 29.4 Å². The molecule has 1 aromatic heterocycles. The molecule has 2 atom stereocenters. The summed E-state index contributed by atoms with van der Waals surface area (Å²) >= 11 is 6.05. The highest BCUT2D eigenvalue weighted by Gasteiger charge is 2.33. The molecular weight excluding hydrogens is 511 g/mol. The van der Waals surface area contributed by atoms with Crippen LogP contribution >= 0.6 is 11.6 Å². The molecule has 0 spiro atoms. The largest absolute Gasteiger partial charge is 0.466 e. The number of rotatable bonds is 11. The van der Waals surface area contributed by atoms with Crippen molar-refractivity contribution in [1.82, 2.24) is 25.6 Å². The molecule has 4 rings (SSSR count). The maximum Gasteiger partial charge on any atom is 0.310 e. The highest BCUT2D eigenvalue weighted by Crippen LogP contribution is 2.27. The Balaban J connectivity index is 1.52. The molecule has 0 aliphatic carbocycles. The first kappa shape index (κ1) is 27.2. The molecule has 2 unspecified atom stereocenters. The maximum absolute atomic E-state index is 14.3. The van der Waals surface area contributed by atoms with E-state index in [0.29, 0.717) is 48.6 Å². The van der Waals surface area contributed by atoms with Crippen molar-refractivity contribution in [3.8, 4) is 17.2 Å². The summed E-state index contributed by atoms with van der Waals surface area (Å²) in [5, 5.41) is 22.3. The number of amides is 1. The number of ether oxygens (including phenoxy) is 1. The summed E-state index contributed by atoms with van der Waals surface area (Å²) in [6.07, 6.45) is 2.07. The van der Waals surface area contributed by atoms with Crippen LogP contribution < -0.4 is 5.32 Å². The number of nitrogens with one attached hydrogen (secondary N) is 2. The van der Waals surface area contributed by atoms with Gasteiger partial charge in [-0.25, -0.2) is 4.39 Å². The lowest BCUT2D eigenvalue weighted by molar-refractivity contribution is -0.149. The Labute approximate surface area is 224 Å². The zero-order valence-corrected chi connectivity index (χ0v) is 21.6. The van der Waals surface area contributed by atoms with Crippen LogP contribution in [0.4, 0.5) is 4.39 Å². The lowest BCUT2D eigenvalue weighted by atomic mass is 9.91. The Morgan fingerprint density at radius 2 is 2.05 bits per heavy atom. The van der Waals surface area contributed by atoms with Gasteiger partial charge < -0.3 is 10.1 Å². The molecule has 3 aromatic rings. The third-order valence-electron chi connectivity index (χ3n) is 6.48. The molecule has 9 nitrogen and oxygen atoms in total. The van der Waals surface area contributed by atoms with Crippen molar-refractivity contribution in [2.45, 2.75) is 25.8 Å². The third-order valence-corrected chi connectivity index (χ3v) is 6.71. The molecule has 0 radical (unpaired) electrons. The van der Waals surface area contributed by atoms with Gasteiger partial charge in [-0.15, -0.1) is 5.10 Å². The minimum atomic E-state index is -0.500. The van der Waals surface area contributed by atoms with Gasteiger partial charge in [0, 0.05) is 36.3 Å². The van der Waals surface area contributed by atoms with Crippen molar-refractivity contribution in [3.63, 3.8) is 0 Å². The van der Waals surface area contributed by atoms with Crippen molar-refractivity contribution in [3.05, 3.63) is 70.8 Å². The summed E-state index contributed by atoms with van der Waals surface area (Å²) in [6.45, 7) is 3.63. The Bertz CT molecular complexity index is 1290. The minimum Gasteiger partial charge on any atom is -0.466 e. The van der Waals surface area contributed by atoms with Gasteiger partial charge in [0.05, 0.1) is 30.7 Å². The summed E-state index contributed by atoms with van der Waals surface area (Å²) in [6, 6.07) is 13.5. The number of halogens is 2. The first-order valence-electron chi connectivity index (χ1n) is 12.4. The van der Waals surface area contributed by atoms with Crippen LogP contribution in [-0.4, -0.2) is 64.5 Å². The molecule has 0 bridgehead atoms. The zero-order valence-electron chi connectivity index (χ0n) is 20.9. The molecule has 1 fully saturated rings. The van der Waals surface area contributed by atoms with Crippen LogP contribution in [0.3, 0.4) is 0 Å². The predicted octanol–water partition coefficient (Wildman–Crippen LogP) is 3.63. The van der Waals surface area contributed by atoms with E-state index in [1.165, 1.54) is 18.3 Å². The zero-order chi connectivity index (χ0) is 27.1. The number of benzene rings is 2. The fourth-order valence-corrected chi connectivity index (χ4v) is 4.72. The van der Waals surface area contributed by atoms with Crippen LogP contribution in [0.25, 0.3) is 11.1 Å². The van der Waals surface area contributed by atoms with E-state index >= 15 is 0 Å². The Morgan fingerprint density at radius 1 is 1.29 bits per heavy atom. The average Bonchev–Trinajstić information content (AvgIpc) is 3.42. The molecule has 1 aliphatic heterocycles. The Kier molecular flexibility index (Phi) is 9.05. The average molecular weight is 539 g/mol. The minimum absolute atomic E-state index is 0.0379. The van der Waals surface area contributed by atoms with Gasteiger partial charge in [0.2, 0.25) is 0 Å². The number of hydrogen-bond donors (Lipinski definition) is 2. The maximum atomic E-state index is 14.3. The van der Waals surface area contributed by atoms with E-state index in [-0.39, 0.29) is 30.0 Å². The van der Waals surface area contributed by atoms with Gasteiger partial charge in [-0.05, 0) is 49.1 Å². The van der Waals surface area contributed by atoms with Crippen molar-refractivity contribution in [2.24, 2.45) is 11.8 Å². The summed E-state index contributed by atoms with van der Waals surface area (Å²) in [7, 11) is 0. The monoisotopic (exact) mass is 538 g/mol. The number of H-pyrrole nitrogens is 1.